The monoisotopic (exact) mass is 480 g/mol. The minimum absolute atomic E-state index is 0.276. The number of benzene rings is 1. The van der Waals surface area contributed by atoms with Crippen molar-refractivity contribution in [1.82, 2.24) is 29.6 Å². The van der Waals surface area contributed by atoms with Gasteiger partial charge < -0.3 is 4.74 Å². The zero-order chi connectivity index (χ0) is 23.9. The minimum atomic E-state index is -0.583. The number of hydrogen-bond acceptors (Lipinski definition) is 6. The number of rotatable bonds is 2. The fourth-order valence-electron chi connectivity index (χ4n) is 4.88. The van der Waals surface area contributed by atoms with E-state index in [-0.39, 0.29) is 12.0 Å². The van der Waals surface area contributed by atoms with Crippen LogP contribution in [0.25, 0.3) is 5.69 Å². The first kappa shape index (κ1) is 22.8. The van der Waals surface area contributed by atoms with Crippen molar-refractivity contribution in [2.45, 2.75) is 77.0 Å². The van der Waals surface area contributed by atoms with Gasteiger partial charge in [0, 0.05) is 29.3 Å². The Morgan fingerprint density at radius 2 is 1.74 bits per heavy atom. The first-order valence-corrected chi connectivity index (χ1v) is 12.1. The highest BCUT2D eigenvalue weighted by molar-refractivity contribution is 6.30. The summed E-state index contributed by atoms with van der Waals surface area (Å²) in [6.07, 6.45) is 7.23. The zero-order valence-corrected chi connectivity index (χ0v) is 20.5. The van der Waals surface area contributed by atoms with Gasteiger partial charge in [-0.2, -0.15) is 0 Å². The van der Waals surface area contributed by atoms with E-state index in [1.807, 2.05) is 57.4 Å². The molecule has 3 heterocycles. The van der Waals surface area contributed by atoms with Crippen LogP contribution in [0.2, 0.25) is 5.02 Å². The van der Waals surface area contributed by atoms with Crippen molar-refractivity contribution in [2.24, 2.45) is 0 Å². The maximum absolute atomic E-state index is 13.0. The second kappa shape index (κ2) is 8.98. The molecule has 1 aromatic carbocycles. The molecule has 5 rings (SSSR count). The summed E-state index contributed by atoms with van der Waals surface area (Å²) in [5.41, 5.74) is 1.34. The summed E-state index contributed by atoms with van der Waals surface area (Å²) in [6, 6.07) is 7.64. The van der Waals surface area contributed by atoms with E-state index in [9.17, 15) is 4.79 Å². The molecular weight excluding hydrogens is 452 g/mol. The Hall–Kier alpha value is -3.00. The van der Waals surface area contributed by atoms with Crippen LogP contribution in [0.4, 0.5) is 4.79 Å². The van der Waals surface area contributed by atoms with E-state index in [4.69, 9.17) is 16.3 Å². The van der Waals surface area contributed by atoms with Crippen molar-refractivity contribution >= 4 is 17.7 Å². The summed E-state index contributed by atoms with van der Waals surface area (Å²) >= 11 is 6.34. The second-order valence-corrected chi connectivity index (χ2v) is 10.5. The summed E-state index contributed by atoms with van der Waals surface area (Å²) < 4.78 is 7.78. The molecule has 1 aliphatic carbocycles. The minimum Gasteiger partial charge on any atom is -0.444 e. The Morgan fingerprint density at radius 3 is 2.44 bits per heavy atom. The fourth-order valence-corrected chi connectivity index (χ4v) is 5.07. The molecule has 1 amide bonds. The largest absolute Gasteiger partial charge is 0.444 e. The number of aromatic nitrogens is 5. The number of ether oxygens (including phenoxy) is 1. The Balaban J connectivity index is 1.45. The lowest BCUT2D eigenvalue weighted by Crippen LogP contribution is -2.35. The van der Waals surface area contributed by atoms with Crippen LogP contribution in [0.3, 0.4) is 0 Å². The molecule has 0 atom stereocenters. The molecular formula is C25H29ClN6O2. The van der Waals surface area contributed by atoms with Crippen molar-refractivity contribution in [1.29, 1.82) is 0 Å². The highest BCUT2D eigenvalue weighted by Crippen LogP contribution is 2.40. The van der Waals surface area contributed by atoms with Gasteiger partial charge in [-0.1, -0.05) is 11.6 Å². The second-order valence-electron chi connectivity index (χ2n) is 10.1. The molecule has 0 radical (unpaired) electrons. The molecule has 8 nitrogen and oxygen atoms in total. The Morgan fingerprint density at radius 1 is 1.03 bits per heavy atom. The number of fused-ring (bicyclic) bond motifs is 3. The SMILES string of the molecule is CC(C)(C)OC(=O)N1Cc2cc(Cl)ccc2-n2c(nnc2[C@H]2CC[C@H](c3ncccn3)CC2)C1. The molecule has 3 aromatic rings. The van der Waals surface area contributed by atoms with Crippen LogP contribution < -0.4 is 0 Å². The molecule has 2 aliphatic rings. The fraction of sp³-hybridized carbons (Fsp3) is 0.480. The van der Waals surface area contributed by atoms with Gasteiger partial charge in [-0.05, 0) is 76.3 Å². The number of nitrogens with zero attached hydrogens (tertiary/aromatic N) is 6. The van der Waals surface area contributed by atoms with Gasteiger partial charge in [0.15, 0.2) is 5.82 Å². The van der Waals surface area contributed by atoms with Crippen LogP contribution in [-0.4, -0.2) is 41.3 Å². The van der Waals surface area contributed by atoms with E-state index >= 15 is 0 Å². The van der Waals surface area contributed by atoms with Gasteiger partial charge in [0.05, 0.1) is 18.8 Å². The normalized spacial score (nSPS) is 20.3. The molecule has 1 saturated carbocycles. The van der Waals surface area contributed by atoms with E-state index in [1.54, 1.807) is 4.90 Å². The molecule has 0 spiro atoms. The first-order chi connectivity index (χ1) is 16.3. The average molecular weight is 481 g/mol. The maximum atomic E-state index is 13.0. The highest BCUT2D eigenvalue weighted by Gasteiger charge is 2.33. The van der Waals surface area contributed by atoms with Gasteiger partial charge >= 0.3 is 6.09 Å². The van der Waals surface area contributed by atoms with Gasteiger partial charge in [0.1, 0.15) is 17.2 Å². The Bertz CT molecular complexity index is 1180. The standard InChI is InChI=1S/C25H29ClN6O2/c1-25(2,3)34-24(33)31-14-18-13-19(26)9-10-20(18)32-21(15-31)29-30-23(32)17-7-5-16(6-8-17)22-27-11-4-12-28-22/h4,9-13,16-17H,5-8,14-15H2,1-3H3/t16-,17-. The molecule has 1 aliphatic heterocycles. The number of amides is 1. The molecule has 178 valence electrons. The molecule has 0 bridgehead atoms. The third-order valence-electron chi connectivity index (χ3n) is 6.43. The van der Waals surface area contributed by atoms with Gasteiger partial charge in [-0.25, -0.2) is 14.8 Å². The van der Waals surface area contributed by atoms with E-state index in [0.29, 0.717) is 24.0 Å². The molecule has 34 heavy (non-hydrogen) atoms. The third kappa shape index (κ3) is 4.64. The number of carbonyl (C=O) groups is 1. The van der Waals surface area contributed by atoms with Gasteiger partial charge in [-0.3, -0.25) is 9.47 Å². The van der Waals surface area contributed by atoms with E-state index in [0.717, 1.165) is 54.4 Å². The summed E-state index contributed by atoms with van der Waals surface area (Å²) in [5, 5.41) is 9.77. The van der Waals surface area contributed by atoms with Crippen LogP contribution >= 0.6 is 11.6 Å². The first-order valence-electron chi connectivity index (χ1n) is 11.8. The predicted molar refractivity (Wildman–Crippen MR) is 128 cm³/mol. The molecule has 0 N–H and O–H groups in total. The topological polar surface area (TPSA) is 86.0 Å². The summed E-state index contributed by atoms with van der Waals surface area (Å²) in [6.45, 7) is 6.31. The summed E-state index contributed by atoms with van der Waals surface area (Å²) in [5.74, 6) is 3.25. The Kier molecular flexibility index (Phi) is 6.02. The molecule has 9 heteroatoms. The maximum Gasteiger partial charge on any atom is 0.411 e. The zero-order valence-electron chi connectivity index (χ0n) is 19.7. The summed E-state index contributed by atoms with van der Waals surface area (Å²) in [7, 11) is 0. The van der Waals surface area contributed by atoms with Crippen LogP contribution in [0.15, 0.2) is 36.7 Å². The van der Waals surface area contributed by atoms with Crippen molar-refractivity contribution < 1.29 is 9.53 Å². The van der Waals surface area contributed by atoms with Crippen LogP contribution in [0, 0.1) is 0 Å². The van der Waals surface area contributed by atoms with E-state index in [2.05, 4.69) is 24.7 Å². The van der Waals surface area contributed by atoms with Crippen molar-refractivity contribution in [2.75, 3.05) is 0 Å². The number of hydrogen-bond donors (Lipinski definition) is 0. The Labute approximate surface area is 204 Å². The van der Waals surface area contributed by atoms with Crippen LogP contribution in [0.1, 0.15) is 81.3 Å². The number of halogens is 1. The molecule has 0 saturated heterocycles. The smallest absolute Gasteiger partial charge is 0.411 e. The lowest BCUT2D eigenvalue weighted by molar-refractivity contribution is 0.0214. The van der Waals surface area contributed by atoms with Gasteiger partial charge in [0.2, 0.25) is 0 Å². The molecule has 2 aromatic heterocycles. The lowest BCUT2D eigenvalue weighted by Gasteiger charge is -2.27. The molecule has 1 fully saturated rings. The van der Waals surface area contributed by atoms with E-state index in [1.165, 1.54) is 0 Å². The van der Waals surface area contributed by atoms with E-state index < -0.39 is 5.60 Å². The predicted octanol–water partition coefficient (Wildman–Crippen LogP) is 5.40. The van der Waals surface area contributed by atoms with Gasteiger partial charge in [-0.15, -0.1) is 10.2 Å². The van der Waals surface area contributed by atoms with Crippen molar-refractivity contribution in [3.63, 3.8) is 0 Å². The van der Waals surface area contributed by atoms with Crippen LogP contribution in [-0.2, 0) is 17.8 Å². The van der Waals surface area contributed by atoms with Crippen molar-refractivity contribution in [3.05, 3.63) is 64.7 Å². The average Bonchev–Trinajstić information content (AvgIpc) is 3.14. The quantitative estimate of drug-likeness (QED) is 0.488. The molecule has 0 unspecified atom stereocenters. The van der Waals surface area contributed by atoms with Crippen LogP contribution in [0.5, 0.6) is 0 Å². The summed E-state index contributed by atoms with van der Waals surface area (Å²) in [4.78, 5) is 23.5. The highest BCUT2D eigenvalue weighted by atomic mass is 35.5. The van der Waals surface area contributed by atoms with Crippen molar-refractivity contribution in [3.8, 4) is 5.69 Å². The lowest BCUT2D eigenvalue weighted by atomic mass is 9.81. The van der Waals surface area contributed by atoms with Gasteiger partial charge in [0.25, 0.3) is 0 Å². The third-order valence-corrected chi connectivity index (χ3v) is 6.66. The number of carbonyl (C=O) groups excluding carboxylic acids is 1.